The van der Waals surface area contributed by atoms with E-state index in [1.54, 1.807) is 38.3 Å². The number of carbonyl (C=O) groups is 2. The van der Waals surface area contributed by atoms with Gasteiger partial charge in [-0.05, 0) is 49.9 Å². The highest BCUT2D eigenvalue weighted by Crippen LogP contribution is 2.40. The van der Waals surface area contributed by atoms with Crippen molar-refractivity contribution in [1.29, 1.82) is 0 Å². The molecule has 1 atom stereocenters. The molecule has 158 valence electrons. The Morgan fingerprint density at radius 1 is 0.929 bits per heavy atom. The van der Waals surface area contributed by atoms with E-state index in [-0.39, 0.29) is 24.6 Å². The van der Waals surface area contributed by atoms with Gasteiger partial charge in [0, 0.05) is 44.1 Å². The molecule has 1 aromatic rings. The van der Waals surface area contributed by atoms with Gasteiger partial charge in [0.2, 0.25) is 0 Å². The molecule has 0 aromatic heterocycles. The minimum absolute atomic E-state index is 0.0889. The monoisotopic (exact) mass is 414 g/mol. The molecule has 0 saturated heterocycles. The van der Waals surface area contributed by atoms with Crippen LogP contribution in [0.4, 0.5) is 0 Å². The van der Waals surface area contributed by atoms with Gasteiger partial charge in [-0.3, -0.25) is 14.2 Å². The van der Waals surface area contributed by atoms with E-state index in [9.17, 15) is 19.0 Å². The Balaban J connectivity index is 2.27. The molecule has 1 rings (SSSR count). The van der Waals surface area contributed by atoms with Crippen LogP contribution < -0.4 is 10.6 Å². The molecule has 0 heterocycles. The van der Waals surface area contributed by atoms with Crippen molar-refractivity contribution in [1.82, 2.24) is 10.6 Å². The van der Waals surface area contributed by atoms with E-state index < -0.39 is 7.60 Å². The smallest absolute Gasteiger partial charge is 0.327 e. The highest BCUT2D eigenvalue weighted by molar-refractivity contribution is 7.52. The maximum atomic E-state index is 12.1. The average molecular weight is 414 g/mol. The van der Waals surface area contributed by atoms with E-state index in [1.165, 1.54) is 0 Å². The Morgan fingerprint density at radius 2 is 1.39 bits per heavy atom. The second-order valence-electron chi connectivity index (χ2n) is 6.28. The molecule has 0 aliphatic heterocycles. The maximum absolute atomic E-state index is 12.1. The lowest BCUT2D eigenvalue weighted by atomic mass is 10.1. The van der Waals surface area contributed by atoms with Crippen LogP contribution in [0.15, 0.2) is 24.3 Å². The van der Waals surface area contributed by atoms with Crippen molar-refractivity contribution in [3.05, 3.63) is 35.4 Å². The number of unbranched alkanes of at least 4 members (excludes halogenated alkanes) is 2. The molecule has 0 bridgehead atoms. The first-order valence-corrected chi connectivity index (χ1v) is 11.3. The Labute approximate surface area is 166 Å². The van der Waals surface area contributed by atoms with Gasteiger partial charge in [-0.1, -0.05) is 6.92 Å². The van der Waals surface area contributed by atoms with Crippen LogP contribution in [0.3, 0.4) is 0 Å². The molecule has 0 aliphatic rings. The van der Waals surface area contributed by atoms with Gasteiger partial charge in [-0.15, -0.1) is 0 Å². The highest BCUT2D eigenvalue weighted by Gasteiger charge is 2.14. The van der Waals surface area contributed by atoms with E-state index >= 15 is 0 Å². The van der Waals surface area contributed by atoms with Gasteiger partial charge in [0.15, 0.2) is 0 Å². The SMILES string of the molecule is CCP(=O)(O)OCCCCNC(=O)c1ccc(C(=O)NCCCCOC)cc1. The van der Waals surface area contributed by atoms with Gasteiger partial charge in [-0.25, -0.2) is 0 Å². The summed E-state index contributed by atoms with van der Waals surface area (Å²) in [5, 5.41) is 5.61. The molecule has 1 aromatic carbocycles. The van der Waals surface area contributed by atoms with Crippen molar-refractivity contribution in [3.8, 4) is 0 Å². The van der Waals surface area contributed by atoms with Crippen LogP contribution in [-0.2, 0) is 13.8 Å². The number of rotatable bonds is 14. The number of nitrogens with one attached hydrogen (secondary N) is 2. The minimum Gasteiger partial charge on any atom is -0.385 e. The predicted octanol–water partition coefficient (Wildman–Crippen LogP) is 2.57. The van der Waals surface area contributed by atoms with Crippen LogP contribution >= 0.6 is 7.60 Å². The second-order valence-corrected chi connectivity index (χ2v) is 8.45. The fourth-order valence-electron chi connectivity index (χ4n) is 2.28. The van der Waals surface area contributed by atoms with Crippen LogP contribution in [0.5, 0.6) is 0 Å². The fourth-order valence-corrected chi connectivity index (χ4v) is 2.87. The predicted molar refractivity (Wildman–Crippen MR) is 108 cm³/mol. The summed E-state index contributed by atoms with van der Waals surface area (Å²) in [6, 6.07) is 6.47. The Kier molecular flexibility index (Phi) is 11.7. The summed E-state index contributed by atoms with van der Waals surface area (Å²) in [5.74, 6) is -0.397. The largest absolute Gasteiger partial charge is 0.385 e. The highest BCUT2D eigenvalue weighted by atomic mass is 31.2. The molecule has 0 fully saturated rings. The van der Waals surface area contributed by atoms with Crippen LogP contribution in [0.25, 0.3) is 0 Å². The average Bonchev–Trinajstić information content (AvgIpc) is 2.70. The summed E-state index contributed by atoms with van der Waals surface area (Å²) in [6.45, 7) is 3.48. The molecular weight excluding hydrogens is 383 g/mol. The topological polar surface area (TPSA) is 114 Å². The van der Waals surface area contributed by atoms with Crippen LogP contribution in [0.2, 0.25) is 0 Å². The molecule has 0 spiro atoms. The molecule has 3 N–H and O–H groups in total. The first-order chi connectivity index (χ1) is 13.4. The van der Waals surface area contributed by atoms with Crippen LogP contribution in [0.1, 0.15) is 53.3 Å². The number of hydrogen-bond donors (Lipinski definition) is 3. The Hall–Kier alpha value is -1.73. The van der Waals surface area contributed by atoms with Crippen LogP contribution in [-0.4, -0.2) is 56.3 Å². The van der Waals surface area contributed by atoms with Gasteiger partial charge in [0.05, 0.1) is 6.61 Å². The number of carbonyl (C=O) groups excluding carboxylic acids is 2. The summed E-state index contributed by atoms with van der Waals surface area (Å²) < 4.78 is 21.2. The third kappa shape index (κ3) is 9.99. The lowest BCUT2D eigenvalue weighted by molar-refractivity contribution is 0.0940. The first kappa shape index (κ1) is 24.3. The van der Waals surface area contributed by atoms with E-state index in [0.29, 0.717) is 43.7 Å². The summed E-state index contributed by atoms with van der Waals surface area (Å²) in [4.78, 5) is 33.4. The third-order valence-electron chi connectivity index (χ3n) is 4.02. The van der Waals surface area contributed by atoms with Gasteiger partial charge < -0.3 is 24.8 Å². The fraction of sp³-hybridized carbons (Fsp3) is 0.579. The zero-order valence-corrected chi connectivity index (χ0v) is 17.5. The van der Waals surface area contributed by atoms with Crippen molar-refractivity contribution in [2.24, 2.45) is 0 Å². The maximum Gasteiger partial charge on any atom is 0.327 e. The first-order valence-electron chi connectivity index (χ1n) is 9.51. The zero-order chi connectivity index (χ0) is 20.8. The molecule has 0 aliphatic carbocycles. The van der Waals surface area contributed by atoms with Gasteiger partial charge in [0.25, 0.3) is 11.8 Å². The molecule has 28 heavy (non-hydrogen) atoms. The normalized spacial score (nSPS) is 13.0. The Bertz CT molecular complexity index is 650. The van der Waals surface area contributed by atoms with Gasteiger partial charge in [-0.2, -0.15) is 0 Å². The number of amides is 2. The quantitative estimate of drug-likeness (QED) is 0.318. The molecule has 9 heteroatoms. The molecule has 0 saturated carbocycles. The van der Waals surface area contributed by atoms with Crippen molar-refractivity contribution in [2.45, 2.75) is 32.6 Å². The van der Waals surface area contributed by atoms with Crippen LogP contribution in [0, 0.1) is 0 Å². The second kappa shape index (κ2) is 13.4. The number of benzene rings is 1. The zero-order valence-electron chi connectivity index (χ0n) is 16.6. The van der Waals surface area contributed by atoms with Crippen molar-refractivity contribution in [2.75, 3.05) is 39.6 Å². The summed E-state index contributed by atoms with van der Waals surface area (Å²) >= 11 is 0. The van der Waals surface area contributed by atoms with E-state index in [1.807, 2.05) is 0 Å². The molecule has 2 amide bonds. The minimum atomic E-state index is -3.44. The van der Waals surface area contributed by atoms with E-state index in [4.69, 9.17) is 9.26 Å². The third-order valence-corrected chi connectivity index (χ3v) is 5.40. The standard InChI is InChI=1S/C19H31N2O6P/c1-3-28(24,25)27-15-7-5-13-21-19(23)17-10-8-16(9-11-17)18(22)20-12-4-6-14-26-2/h8-11H,3-7,12-15H2,1-2H3,(H,20,22)(H,21,23)(H,24,25). The number of methoxy groups -OCH3 is 1. The summed E-state index contributed by atoms with van der Waals surface area (Å²) in [5.41, 5.74) is 0.975. The number of ether oxygens (including phenoxy) is 1. The van der Waals surface area contributed by atoms with Crippen molar-refractivity contribution < 1.29 is 28.3 Å². The Morgan fingerprint density at radius 3 is 1.82 bits per heavy atom. The van der Waals surface area contributed by atoms with Gasteiger partial charge in [0.1, 0.15) is 0 Å². The molecule has 8 nitrogen and oxygen atoms in total. The van der Waals surface area contributed by atoms with E-state index in [0.717, 1.165) is 12.8 Å². The molecule has 1 unspecified atom stereocenters. The van der Waals surface area contributed by atoms with Crippen molar-refractivity contribution >= 4 is 19.4 Å². The summed E-state index contributed by atoms with van der Waals surface area (Å²) in [7, 11) is -1.79. The number of hydrogen-bond acceptors (Lipinski definition) is 5. The molecule has 0 radical (unpaired) electrons. The lowest BCUT2D eigenvalue weighted by Gasteiger charge is -2.10. The lowest BCUT2D eigenvalue weighted by Crippen LogP contribution is -2.26. The summed E-state index contributed by atoms with van der Waals surface area (Å²) in [6.07, 6.45) is 3.04. The van der Waals surface area contributed by atoms with Gasteiger partial charge >= 0.3 is 7.60 Å². The molecular formula is C19H31N2O6P. The van der Waals surface area contributed by atoms with Crippen molar-refractivity contribution in [3.63, 3.8) is 0 Å². The van der Waals surface area contributed by atoms with E-state index in [2.05, 4.69) is 10.6 Å².